The Balaban J connectivity index is 1.83. The molecule has 0 saturated heterocycles. The highest BCUT2D eigenvalue weighted by Gasteiger charge is 2.24. The minimum Gasteiger partial charge on any atom is -0.402 e. The van der Waals surface area contributed by atoms with Crippen molar-refractivity contribution in [3.63, 3.8) is 0 Å². The zero-order chi connectivity index (χ0) is 18.0. The Hall–Kier alpha value is -3.00. The number of esters is 1. The third-order valence-corrected chi connectivity index (χ3v) is 3.64. The summed E-state index contributed by atoms with van der Waals surface area (Å²) in [5.74, 6) is -0.779. The van der Waals surface area contributed by atoms with Gasteiger partial charge in [-0.1, -0.05) is 12.1 Å². The molecule has 2 aromatic rings. The molecule has 3 rings (SSSR count). The van der Waals surface area contributed by atoms with Crippen molar-refractivity contribution < 1.29 is 26.5 Å². The molecule has 0 amide bonds. The van der Waals surface area contributed by atoms with E-state index in [-0.39, 0.29) is 17.3 Å². The van der Waals surface area contributed by atoms with Gasteiger partial charge in [0.05, 0.1) is 6.26 Å². The fourth-order valence-corrected chi connectivity index (χ4v) is 2.54. The summed E-state index contributed by atoms with van der Waals surface area (Å²) in [5.41, 5.74) is 1.17. The SMILES string of the molecule is CS(=O)(=O)Oc1ccc(/C=C2\N=C(c3ccc(F)cc3)OC2=O)cc1. The lowest BCUT2D eigenvalue weighted by atomic mass is 10.2. The number of benzene rings is 2. The van der Waals surface area contributed by atoms with E-state index in [0.717, 1.165) is 6.26 Å². The van der Waals surface area contributed by atoms with Crippen molar-refractivity contribution >= 4 is 28.1 Å². The normalized spacial score (nSPS) is 15.8. The van der Waals surface area contributed by atoms with Gasteiger partial charge in [0.2, 0.25) is 5.90 Å². The molecule has 1 aliphatic heterocycles. The number of ether oxygens (including phenoxy) is 1. The van der Waals surface area contributed by atoms with Crippen molar-refractivity contribution in [2.24, 2.45) is 4.99 Å². The first-order valence-corrected chi connectivity index (χ1v) is 8.90. The smallest absolute Gasteiger partial charge is 0.363 e. The van der Waals surface area contributed by atoms with Crippen molar-refractivity contribution in [3.05, 3.63) is 71.2 Å². The fraction of sp³-hybridized carbons (Fsp3) is 0.0588. The Morgan fingerprint density at radius 3 is 2.32 bits per heavy atom. The lowest BCUT2D eigenvalue weighted by Crippen LogP contribution is -2.05. The van der Waals surface area contributed by atoms with Gasteiger partial charge in [-0.05, 0) is 48.0 Å². The third kappa shape index (κ3) is 4.30. The van der Waals surface area contributed by atoms with Crippen LogP contribution in [0.25, 0.3) is 6.08 Å². The molecule has 25 heavy (non-hydrogen) atoms. The highest BCUT2D eigenvalue weighted by Crippen LogP contribution is 2.21. The molecule has 0 bridgehead atoms. The largest absolute Gasteiger partial charge is 0.402 e. The molecule has 6 nitrogen and oxygen atoms in total. The third-order valence-electron chi connectivity index (χ3n) is 3.14. The van der Waals surface area contributed by atoms with Gasteiger partial charge in [0, 0.05) is 5.56 Å². The average molecular weight is 361 g/mol. The van der Waals surface area contributed by atoms with Crippen molar-refractivity contribution in [2.75, 3.05) is 6.26 Å². The maximum absolute atomic E-state index is 12.9. The zero-order valence-corrected chi connectivity index (χ0v) is 13.8. The molecule has 1 heterocycles. The number of hydrogen-bond donors (Lipinski definition) is 0. The zero-order valence-electron chi connectivity index (χ0n) is 13.0. The summed E-state index contributed by atoms with van der Waals surface area (Å²) in [5, 5.41) is 0. The minimum absolute atomic E-state index is 0.0797. The second-order valence-corrected chi connectivity index (χ2v) is 6.77. The molecule has 0 atom stereocenters. The quantitative estimate of drug-likeness (QED) is 0.475. The van der Waals surface area contributed by atoms with E-state index in [1.54, 1.807) is 12.1 Å². The van der Waals surface area contributed by atoms with Gasteiger partial charge in [-0.3, -0.25) is 0 Å². The van der Waals surface area contributed by atoms with E-state index in [2.05, 4.69) is 4.99 Å². The minimum atomic E-state index is -3.60. The Morgan fingerprint density at radius 2 is 1.72 bits per heavy atom. The Kier molecular flexibility index (Phi) is 4.37. The molecule has 0 aliphatic carbocycles. The molecule has 2 aromatic carbocycles. The van der Waals surface area contributed by atoms with Crippen LogP contribution >= 0.6 is 0 Å². The van der Waals surface area contributed by atoms with Crippen molar-refractivity contribution in [3.8, 4) is 5.75 Å². The molecule has 0 aromatic heterocycles. The highest BCUT2D eigenvalue weighted by atomic mass is 32.2. The van der Waals surface area contributed by atoms with Crippen LogP contribution in [0.1, 0.15) is 11.1 Å². The van der Waals surface area contributed by atoms with E-state index < -0.39 is 21.9 Å². The van der Waals surface area contributed by atoms with Gasteiger partial charge >= 0.3 is 16.1 Å². The van der Waals surface area contributed by atoms with Crippen LogP contribution in [0.2, 0.25) is 0 Å². The number of halogens is 1. The van der Waals surface area contributed by atoms with E-state index >= 15 is 0 Å². The first-order valence-electron chi connectivity index (χ1n) is 7.08. The molecular formula is C17H12FNO5S. The number of carbonyl (C=O) groups excluding carboxylic acids is 1. The summed E-state index contributed by atoms with van der Waals surface area (Å²) in [6.07, 6.45) is 2.44. The van der Waals surface area contributed by atoms with E-state index in [9.17, 15) is 17.6 Å². The van der Waals surface area contributed by atoms with Gasteiger partial charge in [0.1, 0.15) is 11.6 Å². The maximum Gasteiger partial charge on any atom is 0.363 e. The summed E-state index contributed by atoms with van der Waals surface area (Å²) in [4.78, 5) is 16.0. The molecular weight excluding hydrogens is 349 g/mol. The van der Waals surface area contributed by atoms with Crippen molar-refractivity contribution in [1.82, 2.24) is 0 Å². The molecule has 0 radical (unpaired) electrons. The number of aliphatic imine (C=N–C) groups is 1. The Bertz CT molecular complexity index is 977. The van der Waals surface area contributed by atoms with Gasteiger partial charge in [-0.25, -0.2) is 14.2 Å². The second kappa shape index (κ2) is 6.48. The fourth-order valence-electron chi connectivity index (χ4n) is 2.08. The van der Waals surface area contributed by atoms with Gasteiger partial charge in [0.25, 0.3) is 0 Å². The number of carbonyl (C=O) groups is 1. The van der Waals surface area contributed by atoms with Crippen LogP contribution in [0.3, 0.4) is 0 Å². The van der Waals surface area contributed by atoms with E-state index in [0.29, 0.717) is 11.1 Å². The first-order chi connectivity index (χ1) is 11.8. The molecule has 0 unspecified atom stereocenters. The first kappa shape index (κ1) is 16.8. The van der Waals surface area contributed by atoms with E-state index in [4.69, 9.17) is 8.92 Å². The molecule has 0 fully saturated rings. The van der Waals surface area contributed by atoms with Crippen LogP contribution in [0, 0.1) is 5.82 Å². The van der Waals surface area contributed by atoms with Crippen LogP contribution in [0.15, 0.2) is 59.2 Å². The van der Waals surface area contributed by atoms with Crippen molar-refractivity contribution in [2.45, 2.75) is 0 Å². The molecule has 1 aliphatic rings. The van der Waals surface area contributed by atoms with Crippen LogP contribution in [-0.2, 0) is 19.6 Å². The van der Waals surface area contributed by atoms with E-state index in [1.807, 2.05) is 0 Å². The van der Waals surface area contributed by atoms with Gasteiger partial charge < -0.3 is 8.92 Å². The molecule has 0 spiro atoms. The maximum atomic E-state index is 12.9. The van der Waals surface area contributed by atoms with Gasteiger partial charge in [-0.2, -0.15) is 8.42 Å². The number of rotatable bonds is 4. The summed E-state index contributed by atoms with van der Waals surface area (Å²) >= 11 is 0. The monoisotopic (exact) mass is 361 g/mol. The summed E-state index contributed by atoms with van der Waals surface area (Å²) in [7, 11) is -3.60. The predicted molar refractivity (Wildman–Crippen MR) is 88.9 cm³/mol. The summed E-state index contributed by atoms with van der Waals surface area (Å²) < 4.78 is 44.9. The topological polar surface area (TPSA) is 82.0 Å². The second-order valence-electron chi connectivity index (χ2n) is 5.20. The highest BCUT2D eigenvalue weighted by molar-refractivity contribution is 7.86. The van der Waals surface area contributed by atoms with E-state index in [1.165, 1.54) is 42.5 Å². The number of nitrogens with zero attached hydrogens (tertiary/aromatic N) is 1. The standard InChI is InChI=1S/C17H12FNO5S/c1-25(21,22)24-14-8-2-11(3-9-14)10-15-17(20)23-16(19-15)12-4-6-13(18)7-5-12/h2-10H,1H3/b15-10-. The molecule has 128 valence electrons. The van der Waals surface area contributed by atoms with Gasteiger partial charge in [-0.15, -0.1) is 0 Å². The molecule has 8 heteroatoms. The van der Waals surface area contributed by atoms with Crippen LogP contribution in [0.5, 0.6) is 5.75 Å². The van der Waals surface area contributed by atoms with Crippen LogP contribution < -0.4 is 4.18 Å². The van der Waals surface area contributed by atoms with Crippen LogP contribution in [-0.4, -0.2) is 26.5 Å². The van der Waals surface area contributed by atoms with Crippen LogP contribution in [0.4, 0.5) is 4.39 Å². The lowest BCUT2D eigenvalue weighted by Gasteiger charge is -2.02. The lowest BCUT2D eigenvalue weighted by molar-refractivity contribution is -0.129. The predicted octanol–water partition coefficient (Wildman–Crippen LogP) is 2.51. The van der Waals surface area contributed by atoms with Crippen molar-refractivity contribution in [1.29, 1.82) is 0 Å². The average Bonchev–Trinajstić information content (AvgIpc) is 2.89. The molecule has 0 saturated carbocycles. The van der Waals surface area contributed by atoms with Gasteiger partial charge in [0.15, 0.2) is 5.70 Å². The number of cyclic esters (lactones) is 1. The Labute approximate surface area is 143 Å². The summed E-state index contributed by atoms with van der Waals surface area (Å²) in [6, 6.07) is 11.5. The molecule has 0 N–H and O–H groups in total. The Morgan fingerprint density at radius 1 is 1.08 bits per heavy atom. The number of hydrogen-bond acceptors (Lipinski definition) is 6. The summed E-state index contributed by atoms with van der Waals surface area (Å²) in [6.45, 7) is 0.